The Kier molecular flexibility index (Phi) is 26.9. The number of nitrogens with one attached hydrogen (secondary N) is 12. The van der Waals surface area contributed by atoms with Gasteiger partial charge in [-0.2, -0.15) is 0 Å². The number of methoxy groups -OCH3 is 3. The lowest BCUT2D eigenvalue weighted by Crippen LogP contribution is -2.44. The van der Waals surface area contributed by atoms with Crippen molar-refractivity contribution in [3.63, 3.8) is 0 Å². The van der Waals surface area contributed by atoms with Crippen LogP contribution < -0.4 is 101 Å². The maximum Gasteiger partial charge on any atom is 0.255 e. The minimum atomic E-state index is -1.27. The molecule has 30 nitrogen and oxygen atoms in total. The maximum atomic E-state index is 14.1. The summed E-state index contributed by atoms with van der Waals surface area (Å²) < 4.78 is 21.6. The third kappa shape index (κ3) is 21.7. The van der Waals surface area contributed by atoms with Crippen LogP contribution in [0, 0.1) is 10.8 Å². The first-order chi connectivity index (χ1) is 40.2. The van der Waals surface area contributed by atoms with Crippen molar-refractivity contribution in [2.24, 2.45) is 28.7 Å². The number of unbranched alkanes of at least 4 members (excludes halogenated alkanes) is 1. The van der Waals surface area contributed by atoms with Crippen molar-refractivity contribution in [2.75, 3.05) is 88.5 Å². The number of amides is 9. The van der Waals surface area contributed by atoms with Crippen molar-refractivity contribution in [2.45, 2.75) is 57.0 Å². The van der Waals surface area contributed by atoms with Gasteiger partial charge in [-0.25, -0.2) is 0 Å². The molecule has 0 aliphatic carbocycles. The van der Waals surface area contributed by atoms with Crippen molar-refractivity contribution in [3.05, 3.63) is 95.1 Å². The van der Waals surface area contributed by atoms with Gasteiger partial charge in [0.1, 0.15) is 41.7 Å². The average molecular weight is 1170 g/mol. The van der Waals surface area contributed by atoms with Crippen molar-refractivity contribution in [3.8, 4) is 23.0 Å². The summed E-state index contributed by atoms with van der Waals surface area (Å²) in [6.07, 6.45) is 2.07. The first-order valence-corrected chi connectivity index (χ1v) is 26.2. The molecule has 30 heteroatoms. The number of hydrogen-bond acceptors (Lipinski definition) is 17. The van der Waals surface area contributed by atoms with Crippen molar-refractivity contribution < 1.29 is 62.1 Å². The Labute approximate surface area is 483 Å². The standard InChI is InChI=1S/C54H73N17O13/c1-81-40-16-12-32(68-51(79)38(8-6-21-62-53(58)59)70-44(72)10-4-5-19-55)26-35(40)48(76)65-29-46(74)67-31-11-15-42(83-3)37(25-31)50(78)71-39(9-7-22-63-54(60)61)52(80)69-33-13-17-41(82-2)36(27-33)49(77)64-28-45(73)66-30-14-18-43(84-23-20-56)34(24-30)47(57)75/h11-18,24-27,38-39H,4-10,19-23,28-29,55-56H2,1-3H3,(H2,57,75)(H,64,77)(H,65,76)(H,66,73)(H,67,74)(H,68,79)(H,69,80)(H,70,72)(H,71,78)(H4,58,59,62)(H4,60,61,63)/t38-,39-/m1/s1. The number of hydrogen-bond donors (Lipinski definition) is 17. The van der Waals surface area contributed by atoms with Crippen LogP contribution in [0.15, 0.2) is 72.8 Å². The Balaban J connectivity index is 1.44. The van der Waals surface area contributed by atoms with E-state index < -0.39 is 72.4 Å². The molecular weight excluding hydrogens is 1090 g/mol. The van der Waals surface area contributed by atoms with Gasteiger partial charge >= 0.3 is 0 Å². The van der Waals surface area contributed by atoms with Gasteiger partial charge in [-0.15, -0.1) is 0 Å². The van der Waals surface area contributed by atoms with Crippen LogP contribution in [0.25, 0.3) is 0 Å². The minimum absolute atomic E-state index is 0.00438. The molecule has 0 aliphatic rings. The van der Waals surface area contributed by atoms with E-state index in [1.165, 1.54) is 94.1 Å². The molecule has 0 bridgehead atoms. The van der Waals surface area contributed by atoms with Gasteiger partial charge < -0.3 is 101 Å². The predicted molar refractivity (Wildman–Crippen MR) is 312 cm³/mol. The molecule has 2 atom stereocenters. The number of carbonyl (C=O) groups excluding carboxylic acids is 9. The molecular formula is C54H73N17O13. The molecule has 84 heavy (non-hydrogen) atoms. The van der Waals surface area contributed by atoms with Crippen molar-refractivity contribution in [1.82, 2.24) is 31.9 Å². The van der Waals surface area contributed by atoms with Crippen LogP contribution in [0.5, 0.6) is 23.0 Å². The van der Waals surface area contributed by atoms with Crippen molar-refractivity contribution in [1.29, 1.82) is 10.8 Å². The molecule has 4 aromatic carbocycles. The van der Waals surface area contributed by atoms with E-state index >= 15 is 0 Å². The highest BCUT2D eigenvalue weighted by Crippen LogP contribution is 2.27. The third-order valence-corrected chi connectivity index (χ3v) is 12.0. The molecule has 452 valence electrons. The number of ether oxygens (including phenoxy) is 4. The Morgan fingerprint density at radius 2 is 0.869 bits per heavy atom. The van der Waals surface area contributed by atoms with Gasteiger partial charge in [-0.05, 0) is 118 Å². The maximum absolute atomic E-state index is 14.1. The smallest absolute Gasteiger partial charge is 0.255 e. The first kappa shape index (κ1) is 66.3. The second-order valence-corrected chi connectivity index (χ2v) is 18.3. The van der Waals surface area contributed by atoms with Gasteiger partial charge in [0.2, 0.25) is 29.5 Å². The topological polar surface area (TPSA) is 489 Å². The van der Waals surface area contributed by atoms with Crippen LogP contribution in [0.4, 0.5) is 22.7 Å². The number of anilines is 4. The van der Waals surface area contributed by atoms with E-state index in [0.717, 1.165) is 0 Å². The summed E-state index contributed by atoms with van der Waals surface area (Å²) in [6.45, 7) is 0.00838. The Bertz CT molecular complexity index is 3030. The number of primary amides is 1. The van der Waals surface area contributed by atoms with E-state index in [1.54, 1.807) is 0 Å². The van der Waals surface area contributed by atoms with Gasteiger partial charge in [0, 0.05) is 48.8 Å². The molecule has 9 amide bonds. The summed E-state index contributed by atoms with van der Waals surface area (Å²) in [6, 6.07) is 14.4. The van der Waals surface area contributed by atoms with Gasteiger partial charge in [0.05, 0.1) is 56.7 Å². The molecule has 4 aromatic rings. The quantitative estimate of drug-likeness (QED) is 0.0162. The summed E-state index contributed by atoms with van der Waals surface area (Å²) >= 11 is 0. The van der Waals surface area contributed by atoms with Crippen LogP contribution in [-0.2, 0) is 24.0 Å². The lowest BCUT2D eigenvalue weighted by Gasteiger charge is -2.20. The van der Waals surface area contributed by atoms with Gasteiger partial charge in [-0.3, -0.25) is 54.0 Å². The summed E-state index contributed by atoms with van der Waals surface area (Å²) in [5, 5.41) is 41.1. The summed E-state index contributed by atoms with van der Waals surface area (Å²) in [5.74, 6) is -6.39. The Hall–Kier alpha value is -10.2. The van der Waals surface area contributed by atoms with Crippen LogP contribution in [-0.4, -0.2) is 144 Å². The highest BCUT2D eigenvalue weighted by molar-refractivity contribution is 6.07. The molecule has 0 aliphatic heterocycles. The first-order valence-electron chi connectivity index (χ1n) is 26.2. The van der Waals surface area contributed by atoms with E-state index in [4.69, 9.17) is 58.4 Å². The van der Waals surface area contributed by atoms with E-state index in [-0.39, 0.29) is 138 Å². The molecule has 0 unspecified atom stereocenters. The zero-order chi connectivity index (χ0) is 61.7. The molecule has 22 N–H and O–H groups in total. The van der Waals surface area contributed by atoms with Crippen LogP contribution in [0.1, 0.15) is 86.4 Å². The SMILES string of the molecule is COc1ccc(NC(=O)[C@@H](CCCNC(=N)N)NC(=O)CCCCN)cc1C(=O)NCC(=O)Nc1ccc(OC)c(C(=O)N[C@H](CCCNC(=N)N)C(=O)Nc2ccc(OC)c(C(=O)NCC(=O)Nc3ccc(OCCN)c(C(N)=O)c3)c2)c1. The fraction of sp³-hybridized carbons (Fsp3) is 0.352. The fourth-order valence-electron chi connectivity index (χ4n) is 7.89. The molecule has 0 saturated heterocycles. The number of benzene rings is 4. The van der Waals surface area contributed by atoms with E-state index in [2.05, 4.69) is 53.2 Å². The number of nitrogens with two attached hydrogens (primary N) is 5. The number of guanidine groups is 2. The monoisotopic (exact) mass is 1170 g/mol. The molecule has 0 aromatic heterocycles. The van der Waals surface area contributed by atoms with Crippen LogP contribution in [0.2, 0.25) is 0 Å². The van der Waals surface area contributed by atoms with Gasteiger partial charge in [0.25, 0.3) is 23.6 Å². The summed E-state index contributed by atoms with van der Waals surface area (Å²) in [4.78, 5) is 120. The second-order valence-electron chi connectivity index (χ2n) is 18.3. The Morgan fingerprint density at radius 3 is 1.27 bits per heavy atom. The second kappa shape index (κ2) is 34.1. The lowest BCUT2D eigenvalue weighted by molar-refractivity contribution is -0.126. The van der Waals surface area contributed by atoms with Gasteiger partial charge in [0.15, 0.2) is 11.9 Å². The number of carbonyl (C=O) groups is 9. The van der Waals surface area contributed by atoms with Crippen LogP contribution >= 0.6 is 0 Å². The zero-order valence-corrected chi connectivity index (χ0v) is 46.7. The molecule has 0 heterocycles. The average Bonchev–Trinajstić information content (AvgIpc) is 3.57. The van der Waals surface area contributed by atoms with Crippen LogP contribution in [0.3, 0.4) is 0 Å². The van der Waals surface area contributed by atoms with E-state index in [1.807, 2.05) is 0 Å². The summed E-state index contributed by atoms with van der Waals surface area (Å²) in [5.41, 5.74) is 27.6. The normalized spacial score (nSPS) is 11.2. The fourth-order valence-corrected chi connectivity index (χ4v) is 7.89. The highest BCUT2D eigenvalue weighted by atomic mass is 16.5. The van der Waals surface area contributed by atoms with E-state index in [0.29, 0.717) is 25.8 Å². The molecule has 0 fully saturated rings. The van der Waals surface area contributed by atoms with Gasteiger partial charge in [-0.1, -0.05) is 0 Å². The minimum Gasteiger partial charge on any atom is -0.496 e. The summed E-state index contributed by atoms with van der Waals surface area (Å²) in [7, 11) is 3.93. The zero-order valence-electron chi connectivity index (χ0n) is 46.7. The molecule has 0 spiro atoms. The molecule has 0 radical (unpaired) electrons. The van der Waals surface area contributed by atoms with Crippen molar-refractivity contribution >= 4 is 87.8 Å². The lowest BCUT2D eigenvalue weighted by atomic mass is 10.1. The number of rotatable bonds is 34. The third-order valence-electron chi connectivity index (χ3n) is 12.0. The molecule has 4 rings (SSSR count). The largest absolute Gasteiger partial charge is 0.496 e. The highest BCUT2D eigenvalue weighted by Gasteiger charge is 2.26. The Morgan fingerprint density at radius 1 is 0.464 bits per heavy atom. The molecule has 0 saturated carbocycles. The predicted octanol–water partition coefficient (Wildman–Crippen LogP) is -0.298. The van der Waals surface area contributed by atoms with E-state index in [9.17, 15) is 43.2 Å².